The minimum Gasteiger partial charge on any atom is -0.444 e. The number of hydrogen-bond donors (Lipinski definition) is 2. The van der Waals surface area contributed by atoms with Crippen LogP contribution < -0.4 is 10.6 Å². The van der Waals surface area contributed by atoms with Crippen molar-refractivity contribution in [1.82, 2.24) is 15.5 Å². The Labute approximate surface area is 124 Å². The molecule has 5 nitrogen and oxygen atoms in total. The molecule has 1 amide bonds. The Morgan fingerprint density at radius 2 is 1.90 bits per heavy atom. The van der Waals surface area contributed by atoms with E-state index in [9.17, 15) is 4.79 Å². The Bertz CT molecular complexity index is 277. The maximum absolute atomic E-state index is 11.5. The minimum atomic E-state index is -0.445. The molecule has 0 aliphatic rings. The van der Waals surface area contributed by atoms with Crippen LogP contribution in [0.4, 0.5) is 4.79 Å². The van der Waals surface area contributed by atoms with E-state index < -0.39 is 5.60 Å². The number of rotatable bonds is 8. The molecule has 0 rings (SSSR count). The maximum atomic E-state index is 11.5. The molecule has 120 valence electrons. The first kappa shape index (κ1) is 19.2. The lowest BCUT2D eigenvalue weighted by atomic mass is 10.2. The second-order valence-electron chi connectivity index (χ2n) is 6.48. The highest BCUT2D eigenvalue weighted by atomic mass is 16.6. The number of ether oxygens (including phenoxy) is 1. The molecule has 0 saturated heterocycles. The van der Waals surface area contributed by atoms with Crippen molar-refractivity contribution in [2.45, 2.75) is 65.6 Å². The van der Waals surface area contributed by atoms with E-state index >= 15 is 0 Å². The van der Waals surface area contributed by atoms with Crippen LogP contribution in [0.15, 0.2) is 0 Å². The number of nitrogens with one attached hydrogen (secondary N) is 2. The first-order valence-electron chi connectivity index (χ1n) is 7.56. The predicted octanol–water partition coefficient (Wildman–Crippen LogP) is 2.22. The molecule has 0 fully saturated rings. The zero-order chi connectivity index (χ0) is 15.8. The summed E-state index contributed by atoms with van der Waals surface area (Å²) in [5, 5.41) is 6.17. The van der Waals surface area contributed by atoms with E-state index in [2.05, 4.69) is 43.4 Å². The van der Waals surface area contributed by atoms with E-state index in [-0.39, 0.29) is 12.1 Å². The van der Waals surface area contributed by atoms with Gasteiger partial charge >= 0.3 is 6.09 Å². The zero-order valence-corrected chi connectivity index (χ0v) is 14.2. The number of nitrogens with zero attached hydrogens (tertiary/aromatic N) is 1. The van der Waals surface area contributed by atoms with Gasteiger partial charge in [-0.25, -0.2) is 4.79 Å². The topological polar surface area (TPSA) is 53.6 Å². The molecule has 20 heavy (non-hydrogen) atoms. The van der Waals surface area contributed by atoms with Crippen LogP contribution in [0.3, 0.4) is 0 Å². The maximum Gasteiger partial charge on any atom is 0.407 e. The van der Waals surface area contributed by atoms with Crippen molar-refractivity contribution in [3.63, 3.8) is 0 Å². The Morgan fingerprint density at radius 1 is 1.30 bits per heavy atom. The monoisotopic (exact) mass is 287 g/mol. The highest BCUT2D eigenvalue weighted by Gasteiger charge is 2.16. The number of carbonyl (C=O) groups excluding carboxylic acids is 1. The van der Waals surface area contributed by atoms with Crippen LogP contribution in [-0.4, -0.2) is 55.4 Å². The Morgan fingerprint density at radius 3 is 2.40 bits per heavy atom. The van der Waals surface area contributed by atoms with Crippen molar-refractivity contribution in [2.75, 3.05) is 26.7 Å². The quantitative estimate of drug-likeness (QED) is 0.719. The minimum absolute atomic E-state index is 0.229. The molecule has 0 aliphatic heterocycles. The first-order chi connectivity index (χ1) is 9.15. The molecule has 0 spiro atoms. The van der Waals surface area contributed by atoms with Gasteiger partial charge < -0.3 is 20.3 Å². The van der Waals surface area contributed by atoms with Crippen molar-refractivity contribution in [1.29, 1.82) is 0 Å². The highest BCUT2D eigenvalue weighted by Crippen LogP contribution is 2.06. The van der Waals surface area contributed by atoms with Gasteiger partial charge in [0.15, 0.2) is 0 Å². The summed E-state index contributed by atoms with van der Waals surface area (Å²) >= 11 is 0. The molecule has 0 heterocycles. The summed E-state index contributed by atoms with van der Waals surface area (Å²) < 4.78 is 5.19. The third-order valence-corrected chi connectivity index (χ3v) is 3.25. The number of amides is 1. The van der Waals surface area contributed by atoms with E-state index in [0.717, 1.165) is 19.5 Å². The Balaban J connectivity index is 3.74. The number of hydrogen-bond acceptors (Lipinski definition) is 4. The molecule has 2 unspecified atom stereocenters. The summed E-state index contributed by atoms with van der Waals surface area (Å²) in [6, 6.07) is 0.833. The summed E-state index contributed by atoms with van der Waals surface area (Å²) in [5.41, 5.74) is -0.445. The molecule has 0 aromatic heterocycles. The standard InChI is InChI=1S/C15H33N3O2/c1-8-13(3)18(7)10-9-16-12(2)11-17-14(19)20-15(4,5)6/h12-13,16H,8-11H2,1-7H3,(H,17,19). The number of likely N-dealkylation sites (N-methyl/N-ethyl adjacent to an activating group) is 1. The third kappa shape index (κ3) is 10.0. The summed E-state index contributed by atoms with van der Waals surface area (Å²) in [7, 11) is 2.14. The molecule has 0 bridgehead atoms. The second kappa shape index (κ2) is 9.19. The van der Waals surface area contributed by atoms with Crippen molar-refractivity contribution in [3.05, 3.63) is 0 Å². The fourth-order valence-electron chi connectivity index (χ4n) is 1.64. The van der Waals surface area contributed by atoms with Gasteiger partial charge in [-0.2, -0.15) is 0 Å². The van der Waals surface area contributed by atoms with Crippen LogP contribution in [0.2, 0.25) is 0 Å². The SMILES string of the molecule is CCC(C)N(C)CCNC(C)CNC(=O)OC(C)(C)C. The van der Waals surface area contributed by atoms with Crippen LogP contribution in [0.5, 0.6) is 0 Å². The van der Waals surface area contributed by atoms with E-state index in [1.54, 1.807) is 0 Å². The molecule has 5 heteroatoms. The van der Waals surface area contributed by atoms with Crippen LogP contribution >= 0.6 is 0 Å². The van der Waals surface area contributed by atoms with Gasteiger partial charge in [-0.15, -0.1) is 0 Å². The van der Waals surface area contributed by atoms with Gasteiger partial charge in [0, 0.05) is 31.7 Å². The first-order valence-corrected chi connectivity index (χ1v) is 7.56. The number of alkyl carbamates (subject to hydrolysis) is 1. The molecular formula is C15H33N3O2. The van der Waals surface area contributed by atoms with E-state index in [4.69, 9.17) is 4.74 Å². The summed E-state index contributed by atoms with van der Waals surface area (Å²) in [6.45, 7) is 14.6. The summed E-state index contributed by atoms with van der Waals surface area (Å²) in [5.74, 6) is 0. The molecule has 0 radical (unpaired) electrons. The lowest BCUT2D eigenvalue weighted by Crippen LogP contribution is -2.43. The lowest BCUT2D eigenvalue weighted by Gasteiger charge is -2.25. The Hall–Kier alpha value is -0.810. The van der Waals surface area contributed by atoms with E-state index in [0.29, 0.717) is 12.6 Å². The van der Waals surface area contributed by atoms with Gasteiger partial charge in [0.2, 0.25) is 0 Å². The van der Waals surface area contributed by atoms with Gasteiger partial charge in [-0.3, -0.25) is 0 Å². The van der Waals surface area contributed by atoms with Crippen molar-refractivity contribution in [3.8, 4) is 0 Å². The average molecular weight is 287 g/mol. The molecule has 2 atom stereocenters. The average Bonchev–Trinajstić information content (AvgIpc) is 2.33. The van der Waals surface area contributed by atoms with E-state index in [1.807, 2.05) is 20.8 Å². The molecule has 0 saturated carbocycles. The van der Waals surface area contributed by atoms with Crippen molar-refractivity contribution >= 4 is 6.09 Å². The normalized spacial score (nSPS) is 15.0. The highest BCUT2D eigenvalue weighted by molar-refractivity contribution is 5.67. The zero-order valence-electron chi connectivity index (χ0n) is 14.2. The predicted molar refractivity (Wildman–Crippen MR) is 84.1 cm³/mol. The lowest BCUT2D eigenvalue weighted by molar-refractivity contribution is 0.0523. The third-order valence-electron chi connectivity index (χ3n) is 3.25. The van der Waals surface area contributed by atoms with Gasteiger partial charge in [0.25, 0.3) is 0 Å². The van der Waals surface area contributed by atoms with Crippen LogP contribution in [0.25, 0.3) is 0 Å². The van der Waals surface area contributed by atoms with Gasteiger partial charge in [0.1, 0.15) is 5.60 Å². The van der Waals surface area contributed by atoms with Crippen molar-refractivity contribution in [2.24, 2.45) is 0 Å². The molecule has 0 aromatic rings. The second-order valence-corrected chi connectivity index (χ2v) is 6.48. The van der Waals surface area contributed by atoms with E-state index in [1.165, 1.54) is 0 Å². The summed E-state index contributed by atoms with van der Waals surface area (Å²) in [6.07, 6.45) is 0.801. The van der Waals surface area contributed by atoms with Crippen LogP contribution in [0, 0.1) is 0 Å². The van der Waals surface area contributed by atoms with Crippen molar-refractivity contribution < 1.29 is 9.53 Å². The largest absolute Gasteiger partial charge is 0.444 e. The van der Waals surface area contributed by atoms with Gasteiger partial charge in [-0.1, -0.05) is 6.92 Å². The van der Waals surface area contributed by atoms with Gasteiger partial charge in [0.05, 0.1) is 0 Å². The Kier molecular flexibility index (Phi) is 8.81. The summed E-state index contributed by atoms with van der Waals surface area (Å²) in [4.78, 5) is 13.8. The molecule has 2 N–H and O–H groups in total. The molecular weight excluding hydrogens is 254 g/mol. The fourth-order valence-corrected chi connectivity index (χ4v) is 1.64. The van der Waals surface area contributed by atoms with Crippen LogP contribution in [0.1, 0.15) is 48.0 Å². The fraction of sp³-hybridized carbons (Fsp3) is 0.933. The molecule has 0 aromatic carbocycles. The van der Waals surface area contributed by atoms with Gasteiger partial charge in [-0.05, 0) is 48.1 Å². The number of carbonyl (C=O) groups is 1. The molecule has 0 aliphatic carbocycles. The smallest absolute Gasteiger partial charge is 0.407 e. The van der Waals surface area contributed by atoms with Crippen LogP contribution in [-0.2, 0) is 4.74 Å².